The number of methoxy groups -OCH3 is 1. The fourth-order valence-electron chi connectivity index (χ4n) is 2.13. The zero-order valence-corrected chi connectivity index (χ0v) is 14.8. The van der Waals surface area contributed by atoms with Crippen molar-refractivity contribution in [3.63, 3.8) is 0 Å². The van der Waals surface area contributed by atoms with Crippen LogP contribution in [0.15, 0.2) is 59.5 Å². The van der Waals surface area contributed by atoms with Crippen molar-refractivity contribution in [1.29, 1.82) is 0 Å². The number of nitrogens with zero attached hydrogens (tertiary/aromatic N) is 2. The Morgan fingerprint density at radius 3 is 2.19 bits per heavy atom. The van der Waals surface area contributed by atoms with E-state index in [0.717, 1.165) is 12.1 Å². The molecule has 0 bridgehead atoms. The summed E-state index contributed by atoms with van der Waals surface area (Å²) in [5.41, 5.74) is 0.0114. The minimum atomic E-state index is -3.85. The molecule has 0 spiro atoms. The molecule has 0 atom stereocenters. The SMILES string of the molecule is COc1ccc(S(=O)(=O)Nc2ccc(Nc3ccc(F)cc3F)nn2)cc1. The van der Waals surface area contributed by atoms with Gasteiger partial charge in [-0.1, -0.05) is 0 Å². The lowest BCUT2D eigenvalue weighted by atomic mass is 10.3. The first-order valence-electron chi connectivity index (χ1n) is 7.60. The van der Waals surface area contributed by atoms with Gasteiger partial charge in [-0.15, -0.1) is 10.2 Å². The van der Waals surface area contributed by atoms with Crippen molar-refractivity contribution < 1.29 is 21.9 Å². The predicted octanol–water partition coefficient (Wildman–Crippen LogP) is 3.31. The van der Waals surface area contributed by atoms with Crippen LogP contribution >= 0.6 is 0 Å². The van der Waals surface area contributed by atoms with Gasteiger partial charge in [0.1, 0.15) is 17.4 Å². The van der Waals surface area contributed by atoms with E-state index in [1.165, 1.54) is 49.6 Å². The van der Waals surface area contributed by atoms with Crippen molar-refractivity contribution in [1.82, 2.24) is 10.2 Å². The number of benzene rings is 2. The molecular weight excluding hydrogens is 378 g/mol. The molecule has 0 unspecified atom stereocenters. The summed E-state index contributed by atoms with van der Waals surface area (Å²) in [4.78, 5) is 0.0284. The zero-order valence-electron chi connectivity index (χ0n) is 14.0. The lowest BCUT2D eigenvalue weighted by Crippen LogP contribution is -2.14. The topological polar surface area (TPSA) is 93.2 Å². The first kappa shape index (κ1) is 18.5. The van der Waals surface area contributed by atoms with Crippen LogP contribution in [-0.4, -0.2) is 25.7 Å². The molecule has 3 aromatic rings. The molecule has 3 rings (SSSR count). The number of hydrogen-bond donors (Lipinski definition) is 2. The number of sulfonamides is 1. The Labute approximate surface area is 154 Å². The van der Waals surface area contributed by atoms with Crippen molar-refractivity contribution in [3.05, 3.63) is 66.2 Å². The summed E-state index contributed by atoms with van der Waals surface area (Å²) in [6.45, 7) is 0. The van der Waals surface area contributed by atoms with Gasteiger partial charge in [0.2, 0.25) is 0 Å². The number of rotatable bonds is 6. The van der Waals surface area contributed by atoms with Crippen molar-refractivity contribution >= 4 is 27.3 Å². The number of anilines is 3. The normalized spacial score (nSPS) is 11.1. The second kappa shape index (κ2) is 7.54. The van der Waals surface area contributed by atoms with Crippen molar-refractivity contribution in [3.8, 4) is 5.75 Å². The first-order valence-corrected chi connectivity index (χ1v) is 9.08. The molecule has 0 radical (unpaired) electrons. The maximum absolute atomic E-state index is 13.6. The van der Waals surface area contributed by atoms with Gasteiger partial charge in [0, 0.05) is 6.07 Å². The minimum absolute atomic E-state index is 0.0114. The summed E-state index contributed by atoms with van der Waals surface area (Å²) in [6.07, 6.45) is 0. The van der Waals surface area contributed by atoms with Gasteiger partial charge in [0.05, 0.1) is 17.7 Å². The van der Waals surface area contributed by atoms with E-state index in [1.54, 1.807) is 0 Å². The molecule has 27 heavy (non-hydrogen) atoms. The minimum Gasteiger partial charge on any atom is -0.497 e. The van der Waals surface area contributed by atoms with Crippen LogP contribution in [0, 0.1) is 11.6 Å². The van der Waals surface area contributed by atoms with Gasteiger partial charge < -0.3 is 10.1 Å². The molecule has 0 aliphatic heterocycles. The molecule has 0 amide bonds. The van der Waals surface area contributed by atoms with Gasteiger partial charge >= 0.3 is 0 Å². The largest absolute Gasteiger partial charge is 0.497 e. The monoisotopic (exact) mass is 392 g/mol. The molecule has 0 saturated heterocycles. The van der Waals surface area contributed by atoms with Gasteiger partial charge in [-0.3, -0.25) is 4.72 Å². The number of nitrogens with one attached hydrogen (secondary N) is 2. The van der Waals surface area contributed by atoms with E-state index in [2.05, 4.69) is 20.2 Å². The molecule has 10 heteroatoms. The molecule has 1 aromatic heterocycles. The summed E-state index contributed by atoms with van der Waals surface area (Å²) in [5, 5.41) is 10.1. The highest BCUT2D eigenvalue weighted by molar-refractivity contribution is 7.92. The standard InChI is InChI=1S/C17H14F2N4O3S/c1-26-12-3-5-13(6-4-12)27(24,25)23-17-9-8-16(21-22-17)20-15-7-2-11(18)10-14(15)19/h2-10H,1H3,(H,20,21)(H,22,23). The number of ether oxygens (including phenoxy) is 1. The summed E-state index contributed by atoms with van der Waals surface area (Å²) in [5.74, 6) is -0.824. The molecule has 0 aliphatic rings. The molecule has 2 N–H and O–H groups in total. The highest BCUT2D eigenvalue weighted by Crippen LogP contribution is 2.21. The Morgan fingerprint density at radius 2 is 1.59 bits per heavy atom. The summed E-state index contributed by atoms with van der Waals surface area (Å²) >= 11 is 0. The van der Waals surface area contributed by atoms with Gasteiger partial charge in [-0.25, -0.2) is 17.2 Å². The molecule has 0 fully saturated rings. The molecule has 140 valence electrons. The smallest absolute Gasteiger partial charge is 0.263 e. The summed E-state index contributed by atoms with van der Waals surface area (Å²) in [6, 6.07) is 11.6. The highest BCUT2D eigenvalue weighted by atomic mass is 32.2. The van der Waals surface area contributed by atoms with Crippen LogP contribution in [-0.2, 0) is 10.0 Å². The van der Waals surface area contributed by atoms with E-state index < -0.39 is 21.7 Å². The second-order valence-electron chi connectivity index (χ2n) is 5.33. The molecular formula is C17H14F2N4O3S. The van der Waals surface area contributed by atoms with Crippen molar-refractivity contribution in [2.24, 2.45) is 0 Å². The third-order valence-electron chi connectivity index (χ3n) is 3.47. The quantitative estimate of drug-likeness (QED) is 0.669. The molecule has 2 aromatic carbocycles. The van der Waals surface area contributed by atoms with E-state index in [0.29, 0.717) is 5.75 Å². The fraction of sp³-hybridized carbons (Fsp3) is 0.0588. The maximum atomic E-state index is 13.6. The van der Waals surface area contributed by atoms with Gasteiger partial charge in [0.25, 0.3) is 10.0 Å². The van der Waals surface area contributed by atoms with Crippen LogP contribution in [0.2, 0.25) is 0 Å². The van der Waals surface area contributed by atoms with Crippen LogP contribution in [0.1, 0.15) is 0 Å². The molecule has 1 heterocycles. The third-order valence-corrected chi connectivity index (χ3v) is 4.84. The number of halogens is 2. The lowest BCUT2D eigenvalue weighted by molar-refractivity contribution is 0.414. The van der Waals surface area contributed by atoms with E-state index >= 15 is 0 Å². The van der Waals surface area contributed by atoms with E-state index in [-0.39, 0.29) is 22.2 Å². The fourth-order valence-corrected chi connectivity index (χ4v) is 3.13. The average Bonchev–Trinajstić information content (AvgIpc) is 2.65. The predicted molar refractivity (Wildman–Crippen MR) is 95.5 cm³/mol. The van der Waals surface area contributed by atoms with Gasteiger partial charge in [-0.2, -0.15) is 0 Å². The Kier molecular flexibility index (Phi) is 5.17. The lowest BCUT2D eigenvalue weighted by Gasteiger charge is -2.09. The van der Waals surface area contributed by atoms with Crippen LogP contribution in [0.3, 0.4) is 0 Å². The first-order chi connectivity index (χ1) is 12.9. The van der Waals surface area contributed by atoms with Gasteiger partial charge in [0.15, 0.2) is 11.6 Å². The second-order valence-corrected chi connectivity index (χ2v) is 7.02. The van der Waals surface area contributed by atoms with E-state index in [1.807, 2.05) is 0 Å². The maximum Gasteiger partial charge on any atom is 0.263 e. The summed E-state index contributed by atoms with van der Waals surface area (Å²) in [7, 11) is -2.37. The Hall–Kier alpha value is -3.27. The zero-order chi connectivity index (χ0) is 19.4. The summed E-state index contributed by atoms with van der Waals surface area (Å²) < 4.78 is 58.5. The van der Waals surface area contributed by atoms with Crippen LogP contribution in [0.25, 0.3) is 0 Å². The Bertz CT molecular complexity index is 1040. The molecule has 7 nitrogen and oxygen atoms in total. The average molecular weight is 392 g/mol. The number of hydrogen-bond acceptors (Lipinski definition) is 6. The van der Waals surface area contributed by atoms with Crippen LogP contribution in [0.5, 0.6) is 5.75 Å². The van der Waals surface area contributed by atoms with E-state index in [4.69, 9.17) is 4.74 Å². The highest BCUT2D eigenvalue weighted by Gasteiger charge is 2.15. The van der Waals surface area contributed by atoms with Crippen LogP contribution in [0.4, 0.5) is 26.1 Å². The Balaban J connectivity index is 1.72. The van der Waals surface area contributed by atoms with Crippen LogP contribution < -0.4 is 14.8 Å². The van der Waals surface area contributed by atoms with Gasteiger partial charge in [-0.05, 0) is 48.5 Å². The van der Waals surface area contributed by atoms with E-state index in [9.17, 15) is 17.2 Å². The third kappa shape index (κ3) is 4.47. The van der Waals surface area contributed by atoms with Crippen molar-refractivity contribution in [2.75, 3.05) is 17.1 Å². The Morgan fingerprint density at radius 1 is 0.926 bits per heavy atom. The number of aromatic nitrogens is 2. The van der Waals surface area contributed by atoms with Crippen molar-refractivity contribution in [2.45, 2.75) is 4.90 Å². The molecule has 0 aliphatic carbocycles. The molecule has 0 saturated carbocycles.